The van der Waals surface area contributed by atoms with Gasteiger partial charge in [-0.1, -0.05) is 35.4 Å². The van der Waals surface area contributed by atoms with Crippen molar-refractivity contribution in [3.8, 4) is 5.88 Å². The quantitative estimate of drug-likeness (QED) is 0.601. The lowest BCUT2D eigenvalue weighted by molar-refractivity contribution is 0.322. The van der Waals surface area contributed by atoms with Gasteiger partial charge in [0.2, 0.25) is 5.88 Å². The molecule has 5 nitrogen and oxygen atoms in total. The van der Waals surface area contributed by atoms with Gasteiger partial charge in [0.05, 0.1) is 6.61 Å². The van der Waals surface area contributed by atoms with Crippen molar-refractivity contribution in [3.05, 3.63) is 58.8 Å². The molecule has 0 bridgehead atoms. The van der Waals surface area contributed by atoms with Gasteiger partial charge in [-0.25, -0.2) is 4.98 Å². The van der Waals surface area contributed by atoms with E-state index in [4.69, 9.17) is 4.74 Å². The lowest BCUT2D eigenvalue weighted by Gasteiger charge is -2.14. The first-order valence-corrected chi connectivity index (χ1v) is 8.70. The summed E-state index contributed by atoms with van der Waals surface area (Å²) < 4.78 is 5.55. The summed E-state index contributed by atoms with van der Waals surface area (Å²) in [6, 6.07) is 10.6. The summed E-state index contributed by atoms with van der Waals surface area (Å²) in [4.78, 5) is 8.55. The summed E-state index contributed by atoms with van der Waals surface area (Å²) in [6.07, 6.45) is 2.70. The van der Waals surface area contributed by atoms with E-state index in [0.29, 0.717) is 19.0 Å². The van der Waals surface area contributed by atoms with Gasteiger partial charge in [-0.2, -0.15) is 0 Å². The number of rotatable bonds is 7. The predicted molar refractivity (Wildman–Crippen MR) is 103 cm³/mol. The van der Waals surface area contributed by atoms with Crippen molar-refractivity contribution in [1.82, 2.24) is 15.6 Å². The van der Waals surface area contributed by atoms with Crippen LogP contribution in [-0.4, -0.2) is 31.1 Å². The molecule has 0 aliphatic rings. The van der Waals surface area contributed by atoms with Crippen LogP contribution in [0.4, 0.5) is 0 Å². The molecule has 2 rings (SSSR count). The van der Waals surface area contributed by atoms with Crippen LogP contribution >= 0.6 is 0 Å². The van der Waals surface area contributed by atoms with E-state index < -0.39 is 0 Å². The molecule has 0 atom stereocenters. The molecule has 1 aromatic carbocycles. The van der Waals surface area contributed by atoms with Gasteiger partial charge in [-0.15, -0.1) is 0 Å². The lowest BCUT2D eigenvalue weighted by Crippen LogP contribution is -2.38. The second-order valence-corrected chi connectivity index (χ2v) is 6.00. The standard InChI is InChI=1S/C20H28N4O/c1-5-25-19-18(7-6-9-22-19)14-24-20(21-4)23-10-8-17-12-15(2)11-16(3)13-17/h6-7,9,11-13H,5,8,10,14H2,1-4H3,(H2,21,23,24). The fourth-order valence-corrected chi connectivity index (χ4v) is 2.76. The van der Waals surface area contributed by atoms with Crippen LogP contribution in [0.2, 0.25) is 0 Å². The van der Waals surface area contributed by atoms with Crippen molar-refractivity contribution in [2.24, 2.45) is 4.99 Å². The molecule has 0 aliphatic carbocycles. The first kappa shape index (κ1) is 18.8. The smallest absolute Gasteiger partial charge is 0.218 e. The van der Waals surface area contributed by atoms with Crippen LogP contribution in [0.25, 0.3) is 0 Å². The van der Waals surface area contributed by atoms with Gasteiger partial charge in [0, 0.05) is 31.9 Å². The summed E-state index contributed by atoms with van der Waals surface area (Å²) >= 11 is 0. The average Bonchev–Trinajstić information content (AvgIpc) is 2.58. The normalized spacial score (nSPS) is 11.3. The molecule has 0 fully saturated rings. The number of aryl methyl sites for hydroxylation is 2. The molecule has 2 N–H and O–H groups in total. The van der Waals surface area contributed by atoms with Crippen molar-refractivity contribution in [2.75, 3.05) is 20.2 Å². The van der Waals surface area contributed by atoms with E-state index in [1.54, 1.807) is 13.2 Å². The van der Waals surface area contributed by atoms with Crippen LogP contribution in [0.3, 0.4) is 0 Å². The van der Waals surface area contributed by atoms with Crippen LogP contribution in [0, 0.1) is 13.8 Å². The molecule has 25 heavy (non-hydrogen) atoms. The van der Waals surface area contributed by atoms with Gasteiger partial charge in [0.15, 0.2) is 5.96 Å². The Morgan fingerprint density at radius 3 is 2.60 bits per heavy atom. The highest BCUT2D eigenvalue weighted by Gasteiger charge is 2.05. The number of nitrogens with zero attached hydrogens (tertiary/aromatic N) is 2. The zero-order valence-electron chi connectivity index (χ0n) is 15.6. The molecule has 0 saturated heterocycles. The molecule has 0 unspecified atom stereocenters. The Morgan fingerprint density at radius 1 is 1.16 bits per heavy atom. The molecule has 5 heteroatoms. The van der Waals surface area contributed by atoms with Crippen LogP contribution in [0.1, 0.15) is 29.2 Å². The van der Waals surface area contributed by atoms with E-state index in [1.807, 2.05) is 19.1 Å². The predicted octanol–water partition coefficient (Wildman–Crippen LogP) is 3.00. The van der Waals surface area contributed by atoms with E-state index >= 15 is 0 Å². The van der Waals surface area contributed by atoms with Gasteiger partial charge in [0.1, 0.15) is 0 Å². The first-order valence-electron chi connectivity index (χ1n) is 8.70. The molecule has 0 aliphatic heterocycles. The summed E-state index contributed by atoms with van der Waals surface area (Å²) in [7, 11) is 1.78. The maximum absolute atomic E-state index is 5.55. The van der Waals surface area contributed by atoms with Crippen molar-refractivity contribution in [2.45, 2.75) is 33.7 Å². The third-order valence-corrected chi connectivity index (χ3v) is 3.79. The molecular formula is C20H28N4O. The Kier molecular flexibility index (Phi) is 7.26. The molecule has 2 aromatic rings. The minimum atomic E-state index is 0.604. The average molecular weight is 340 g/mol. The number of hydrogen-bond donors (Lipinski definition) is 2. The number of pyridine rings is 1. The van der Waals surface area contributed by atoms with Crippen molar-refractivity contribution in [1.29, 1.82) is 0 Å². The second-order valence-electron chi connectivity index (χ2n) is 6.00. The summed E-state index contributed by atoms with van der Waals surface area (Å²) in [5, 5.41) is 6.67. The Labute approximate surface area is 150 Å². The van der Waals surface area contributed by atoms with Crippen molar-refractivity contribution >= 4 is 5.96 Å². The molecule has 0 radical (unpaired) electrons. The summed E-state index contributed by atoms with van der Waals surface area (Å²) in [5.41, 5.74) is 4.96. The van der Waals surface area contributed by atoms with E-state index in [1.165, 1.54) is 16.7 Å². The Hall–Kier alpha value is -2.56. The first-order chi connectivity index (χ1) is 12.1. The molecule has 134 valence electrons. The molecule has 1 aromatic heterocycles. The van der Waals surface area contributed by atoms with Crippen LogP contribution < -0.4 is 15.4 Å². The third-order valence-electron chi connectivity index (χ3n) is 3.79. The summed E-state index contributed by atoms with van der Waals surface area (Å²) in [5.74, 6) is 1.44. The largest absolute Gasteiger partial charge is 0.478 e. The minimum absolute atomic E-state index is 0.604. The number of guanidine groups is 1. The fraction of sp³-hybridized carbons (Fsp3) is 0.400. The van der Waals surface area contributed by atoms with Crippen molar-refractivity contribution < 1.29 is 4.74 Å². The molecule has 0 saturated carbocycles. The van der Waals surface area contributed by atoms with Crippen LogP contribution in [0.5, 0.6) is 5.88 Å². The highest BCUT2D eigenvalue weighted by Crippen LogP contribution is 2.13. The van der Waals surface area contributed by atoms with Gasteiger partial charge in [-0.3, -0.25) is 4.99 Å². The zero-order chi connectivity index (χ0) is 18.1. The van der Waals surface area contributed by atoms with Crippen molar-refractivity contribution in [3.63, 3.8) is 0 Å². The SMILES string of the molecule is CCOc1ncccc1CNC(=NC)NCCc1cc(C)cc(C)c1. The lowest BCUT2D eigenvalue weighted by atomic mass is 10.1. The fourth-order valence-electron chi connectivity index (χ4n) is 2.76. The topological polar surface area (TPSA) is 58.5 Å². The highest BCUT2D eigenvalue weighted by molar-refractivity contribution is 5.79. The number of aliphatic imine (C=N–C) groups is 1. The second kappa shape index (κ2) is 9.67. The van der Waals surface area contributed by atoms with E-state index in [9.17, 15) is 0 Å². The number of hydrogen-bond acceptors (Lipinski definition) is 3. The number of ether oxygens (including phenoxy) is 1. The van der Waals surface area contributed by atoms with Crippen LogP contribution in [0.15, 0.2) is 41.5 Å². The van der Waals surface area contributed by atoms with Crippen LogP contribution in [-0.2, 0) is 13.0 Å². The maximum Gasteiger partial charge on any atom is 0.218 e. The van der Waals surface area contributed by atoms with E-state index in [-0.39, 0.29) is 0 Å². The maximum atomic E-state index is 5.55. The Morgan fingerprint density at radius 2 is 1.92 bits per heavy atom. The van der Waals surface area contributed by atoms with Gasteiger partial charge < -0.3 is 15.4 Å². The van der Waals surface area contributed by atoms with Gasteiger partial charge in [0.25, 0.3) is 0 Å². The highest BCUT2D eigenvalue weighted by atomic mass is 16.5. The Balaban J connectivity index is 1.85. The van der Waals surface area contributed by atoms with E-state index in [0.717, 1.165) is 24.5 Å². The van der Waals surface area contributed by atoms with E-state index in [2.05, 4.69) is 52.7 Å². The molecular weight excluding hydrogens is 312 g/mol. The third kappa shape index (κ3) is 6.10. The molecule has 1 heterocycles. The monoisotopic (exact) mass is 340 g/mol. The Bertz CT molecular complexity index is 692. The minimum Gasteiger partial charge on any atom is -0.478 e. The number of nitrogens with one attached hydrogen (secondary N) is 2. The molecule has 0 spiro atoms. The number of benzene rings is 1. The zero-order valence-corrected chi connectivity index (χ0v) is 15.6. The number of aromatic nitrogens is 1. The van der Waals surface area contributed by atoms with Gasteiger partial charge in [-0.05, 0) is 38.8 Å². The van der Waals surface area contributed by atoms with Gasteiger partial charge >= 0.3 is 0 Å². The summed E-state index contributed by atoms with van der Waals surface area (Å²) in [6.45, 7) is 8.27. The molecule has 0 amide bonds.